The second-order valence-electron chi connectivity index (χ2n) is 5.86. The number of anilines is 1. The van der Waals surface area contributed by atoms with E-state index in [2.05, 4.69) is 25.9 Å². The smallest absolute Gasteiger partial charge is 0.227 e. The van der Waals surface area contributed by atoms with Gasteiger partial charge in [0, 0.05) is 37.8 Å². The molecule has 2 aromatic rings. The van der Waals surface area contributed by atoms with Crippen LogP contribution in [0.25, 0.3) is 0 Å². The number of hydrogen-bond donors (Lipinski definition) is 3. The van der Waals surface area contributed by atoms with Gasteiger partial charge in [0.2, 0.25) is 5.91 Å². The summed E-state index contributed by atoms with van der Waals surface area (Å²) in [7, 11) is 1.69. The Bertz CT molecular complexity index is 776. The van der Waals surface area contributed by atoms with Crippen LogP contribution in [0.2, 0.25) is 0 Å². The molecule has 3 N–H and O–H groups in total. The second-order valence-corrected chi connectivity index (χ2v) is 5.86. The van der Waals surface area contributed by atoms with Crippen molar-refractivity contribution < 1.29 is 9.53 Å². The van der Waals surface area contributed by atoms with Gasteiger partial charge in [-0.3, -0.25) is 9.79 Å². The molecule has 0 bridgehead atoms. The molecule has 0 aliphatic heterocycles. The van der Waals surface area contributed by atoms with Crippen LogP contribution in [-0.2, 0) is 11.3 Å². The standard InChI is InChI=1S/C20H27N5O2/c1-4-27-17-10-6-5-9-16(17)14-23-20(21-3)22-13-12-19(26)25-18-11-7-8-15(2)24-18/h5-11H,4,12-14H2,1-3H3,(H2,21,22,23)(H,24,25,26). The minimum atomic E-state index is -0.0993. The Morgan fingerprint density at radius 2 is 1.96 bits per heavy atom. The number of guanidine groups is 1. The minimum absolute atomic E-state index is 0.0993. The molecular formula is C20H27N5O2. The molecule has 0 spiro atoms. The number of rotatable bonds is 8. The Morgan fingerprint density at radius 3 is 2.70 bits per heavy atom. The zero-order valence-corrected chi connectivity index (χ0v) is 16.1. The van der Waals surface area contributed by atoms with Crippen molar-refractivity contribution in [2.45, 2.75) is 26.8 Å². The van der Waals surface area contributed by atoms with Crippen molar-refractivity contribution in [2.75, 3.05) is 25.5 Å². The molecule has 7 nitrogen and oxygen atoms in total. The van der Waals surface area contributed by atoms with Crippen LogP contribution >= 0.6 is 0 Å². The fraction of sp³-hybridized carbons (Fsp3) is 0.350. The third-order valence-electron chi connectivity index (χ3n) is 3.74. The predicted molar refractivity (Wildman–Crippen MR) is 108 cm³/mol. The van der Waals surface area contributed by atoms with Gasteiger partial charge in [0.25, 0.3) is 0 Å². The summed E-state index contributed by atoms with van der Waals surface area (Å²) >= 11 is 0. The van der Waals surface area contributed by atoms with Crippen molar-refractivity contribution in [1.29, 1.82) is 0 Å². The zero-order valence-electron chi connectivity index (χ0n) is 16.1. The van der Waals surface area contributed by atoms with Crippen LogP contribution in [0, 0.1) is 6.92 Å². The van der Waals surface area contributed by atoms with Crippen LogP contribution in [0.1, 0.15) is 24.6 Å². The number of pyridine rings is 1. The molecule has 144 valence electrons. The number of para-hydroxylation sites is 1. The molecule has 1 aromatic heterocycles. The first kappa shape index (κ1) is 20.2. The van der Waals surface area contributed by atoms with Gasteiger partial charge in [0.1, 0.15) is 11.6 Å². The lowest BCUT2D eigenvalue weighted by Gasteiger charge is -2.14. The van der Waals surface area contributed by atoms with Crippen LogP contribution in [0.15, 0.2) is 47.5 Å². The van der Waals surface area contributed by atoms with E-state index in [1.807, 2.05) is 50.2 Å². The van der Waals surface area contributed by atoms with E-state index in [-0.39, 0.29) is 5.91 Å². The summed E-state index contributed by atoms with van der Waals surface area (Å²) in [6.45, 7) is 5.51. The molecular weight excluding hydrogens is 342 g/mol. The summed E-state index contributed by atoms with van der Waals surface area (Å²) in [5.41, 5.74) is 1.91. The Labute approximate surface area is 160 Å². The molecule has 1 heterocycles. The molecule has 0 aliphatic carbocycles. The molecule has 0 radical (unpaired) electrons. The Kier molecular flexibility index (Phi) is 8.09. The van der Waals surface area contributed by atoms with Crippen molar-refractivity contribution in [3.05, 3.63) is 53.7 Å². The van der Waals surface area contributed by atoms with Gasteiger partial charge in [0.15, 0.2) is 5.96 Å². The lowest BCUT2D eigenvalue weighted by Crippen LogP contribution is -2.38. The zero-order chi connectivity index (χ0) is 19.5. The normalized spacial score (nSPS) is 11.0. The van der Waals surface area contributed by atoms with Crippen molar-refractivity contribution in [1.82, 2.24) is 15.6 Å². The fourth-order valence-electron chi connectivity index (χ4n) is 2.46. The van der Waals surface area contributed by atoms with E-state index in [4.69, 9.17) is 4.74 Å². The highest BCUT2D eigenvalue weighted by molar-refractivity contribution is 5.90. The SMILES string of the molecule is CCOc1ccccc1CNC(=NC)NCCC(=O)Nc1cccc(C)n1. The van der Waals surface area contributed by atoms with Crippen molar-refractivity contribution in [3.8, 4) is 5.75 Å². The first-order chi connectivity index (χ1) is 13.1. The minimum Gasteiger partial charge on any atom is -0.494 e. The largest absolute Gasteiger partial charge is 0.494 e. The molecule has 1 aromatic carbocycles. The summed E-state index contributed by atoms with van der Waals surface area (Å²) in [5.74, 6) is 1.95. The Morgan fingerprint density at radius 1 is 1.15 bits per heavy atom. The summed E-state index contributed by atoms with van der Waals surface area (Å²) < 4.78 is 5.62. The topological polar surface area (TPSA) is 87.6 Å². The molecule has 1 amide bonds. The van der Waals surface area contributed by atoms with E-state index >= 15 is 0 Å². The van der Waals surface area contributed by atoms with Gasteiger partial charge < -0.3 is 20.7 Å². The fourth-order valence-corrected chi connectivity index (χ4v) is 2.46. The average molecular weight is 369 g/mol. The van der Waals surface area contributed by atoms with E-state index in [0.717, 1.165) is 17.0 Å². The first-order valence-electron chi connectivity index (χ1n) is 9.01. The maximum Gasteiger partial charge on any atom is 0.227 e. The number of aromatic nitrogens is 1. The second kappa shape index (κ2) is 10.8. The first-order valence-corrected chi connectivity index (χ1v) is 9.01. The maximum atomic E-state index is 12.0. The molecule has 0 saturated carbocycles. The highest BCUT2D eigenvalue weighted by Crippen LogP contribution is 2.17. The summed E-state index contributed by atoms with van der Waals surface area (Å²) in [5, 5.41) is 9.15. The Balaban J connectivity index is 1.76. The predicted octanol–water partition coefficient (Wildman–Crippen LogP) is 2.48. The van der Waals surface area contributed by atoms with Crippen LogP contribution in [0.4, 0.5) is 5.82 Å². The molecule has 7 heteroatoms. The number of carbonyl (C=O) groups excluding carboxylic acids is 1. The number of nitrogens with zero attached hydrogens (tertiary/aromatic N) is 2. The third-order valence-corrected chi connectivity index (χ3v) is 3.74. The van der Waals surface area contributed by atoms with Gasteiger partial charge in [-0.05, 0) is 32.0 Å². The quantitative estimate of drug-likeness (QED) is 0.491. The monoisotopic (exact) mass is 369 g/mol. The van der Waals surface area contributed by atoms with Crippen molar-refractivity contribution >= 4 is 17.7 Å². The highest BCUT2D eigenvalue weighted by atomic mass is 16.5. The molecule has 0 fully saturated rings. The number of ether oxygens (including phenoxy) is 1. The van der Waals surface area contributed by atoms with E-state index in [1.165, 1.54) is 0 Å². The number of aryl methyl sites for hydroxylation is 1. The maximum absolute atomic E-state index is 12.0. The molecule has 0 saturated heterocycles. The molecule has 0 unspecified atom stereocenters. The van der Waals surface area contributed by atoms with Gasteiger partial charge in [-0.25, -0.2) is 4.98 Å². The highest BCUT2D eigenvalue weighted by Gasteiger charge is 2.06. The van der Waals surface area contributed by atoms with Crippen molar-refractivity contribution in [3.63, 3.8) is 0 Å². The molecule has 27 heavy (non-hydrogen) atoms. The third kappa shape index (κ3) is 6.97. The molecule has 2 rings (SSSR count). The number of hydrogen-bond acceptors (Lipinski definition) is 4. The van der Waals surface area contributed by atoms with Crippen LogP contribution < -0.4 is 20.7 Å². The Hall–Kier alpha value is -3.09. The van der Waals surface area contributed by atoms with Crippen molar-refractivity contribution in [2.24, 2.45) is 4.99 Å². The number of nitrogens with one attached hydrogen (secondary N) is 3. The van der Waals surface area contributed by atoms with Crippen LogP contribution in [-0.4, -0.2) is 37.1 Å². The summed E-state index contributed by atoms with van der Waals surface area (Å²) in [4.78, 5) is 20.5. The molecule has 0 aliphatic rings. The average Bonchev–Trinajstić information content (AvgIpc) is 2.66. The van der Waals surface area contributed by atoms with E-state index in [0.29, 0.717) is 37.9 Å². The molecule has 0 atom stereocenters. The van der Waals surface area contributed by atoms with E-state index < -0.39 is 0 Å². The number of carbonyl (C=O) groups is 1. The van der Waals surface area contributed by atoms with Gasteiger partial charge in [-0.1, -0.05) is 24.3 Å². The summed E-state index contributed by atoms with van der Waals surface area (Å²) in [6.07, 6.45) is 0.311. The number of benzene rings is 1. The van der Waals surface area contributed by atoms with Gasteiger partial charge in [0.05, 0.1) is 6.61 Å². The van der Waals surface area contributed by atoms with Crippen LogP contribution in [0.3, 0.4) is 0 Å². The van der Waals surface area contributed by atoms with Gasteiger partial charge >= 0.3 is 0 Å². The van der Waals surface area contributed by atoms with Gasteiger partial charge in [-0.15, -0.1) is 0 Å². The summed E-state index contributed by atoms with van der Waals surface area (Å²) in [6, 6.07) is 13.4. The number of aliphatic imine (C=N–C) groups is 1. The lowest BCUT2D eigenvalue weighted by molar-refractivity contribution is -0.116. The van der Waals surface area contributed by atoms with Gasteiger partial charge in [-0.2, -0.15) is 0 Å². The van der Waals surface area contributed by atoms with E-state index in [1.54, 1.807) is 13.1 Å². The van der Waals surface area contributed by atoms with Crippen LogP contribution in [0.5, 0.6) is 5.75 Å². The lowest BCUT2D eigenvalue weighted by atomic mass is 10.2. The number of amides is 1. The van der Waals surface area contributed by atoms with E-state index in [9.17, 15) is 4.79 Å².